The van der Waals surface area contributed by atoms with Gasteiger partial charge >= 0.3 is 12.0 Å². The Balaban J connectivity index is 1.98. The van der Waals surface area contributed by atoms with Crippen molar-refractivity contribution in [2.24, 2.45) is 5.41 Å². The van der Waals surface area contributed by atoms with Gasteiger partial charge in [-0.3, -0.25) is 10.2 Å². The summed E-state index contributed by atoms with van der Waals surface area (Å²) in [5.74, 6) is -0.820. The van der Waals surface area contributed by atoms with Crippen molar-refractivity contribution in [1.82, 2.24) is 15.3 Å². The van der Waals surface area contributed by atoms with Crippen LogP contribution in [-0.2, 0) is 4.79 Å². The molecule has 120 valence electrons. The minimum absolute atomic E-state index is 0.164. The molecule has 2 rings (SSSR count). The van der Waals surface area contributed by atoms with Gasteiger partial charge in [-0.05, 0) is 46.5 Å². The number of likely N-dealkylation sites (tertiary alicyclic amines) is 1. The summed E-state index contributed by atoms with van der Waals surface area (Å²) in [5, 5.41) is 11.4. The van der Waals surface area contributed by atoms with Gasteiger partial charge < -0.3 is 10.0 Å². The minimum Gasteiger partial charge on any atom is -0.481 e. The summed E-state index contributed by atoms with van der Waals surface area (Å²) in [4.78, 5) is 25.5. The van der Waals surface area contributed by atoms with Gasteiger partial charge in [0, 0.05) is 25.2 Å². The summed E-state index contributed by atoms with van der Waals surface area (Å²) in [6.45, 7) is 6.87. The molecule has 2 saturated heterocycles. The molecule has 2 fully saturated rings. The molecule has 0 aliphatic carbocycles. The van der Waals surface area contributed by atoms with E-state index >= 15 is 0 Å². The zero-order valence-electron chi connectivity index (χ0n) is 13.3. The minimum atomic E-state index is -0.825. The first-order valence-electron chi connectivity index (χ1n) is 7.91. The molecule has 0 bridgehead atoms. The van der Waals surface area contributed by atoms with E-state index in [1.807, 2.05) is 5.01 Å². The molecule has 0 radical (unpaired) electrons. The molecule has 2 aliphatic rings. The second kappa shape index (κ2) is 6.22. The zero-order chi connectivity index (χ0) is 15.6. The van der Waals surface area contributed by atoms with E-state index in [9.17, 15) is 14.7 Å². The van der Waals surface area contributed by atoms with Crippen molar-refractivity contribution in [2.75, 3.05) is 13.1 Å². The topological polar surface area (TPSA) is 72.9 Å². The average molecular weight is 297 g/mol. The number of hydrogen-bond donors (Lipinski definition) is 2. The number of carbonyl (C=O) groups is 2. The van der Waals surface area contributed by atoms with E-state index in [1.165, 1.54) is 6.42 Å². The molecular formula is C15H27N3O3. The van der Waals surface area contributed by atoms with Gasteiger partial charge in [-0.25, -0.2) is 9.80 Å². The Morgan fingerprint density at radius 3 is 2.38 bits per heavy atom. The van der Waals surface area contributed by atoms with Crippen molar-refractivity contribution in [2.45, 2.75) is 65.0 Å². The highest BCUT2D eigenvalue weighted by Gasteiger charge is 2.40. The molecule has 0 spiro atoms. The third-order valence-electron chi connectivity index (χ3n) is 4.92. The summed E-state index contributed by atoms with van der Waals surface area (Å²) in [6, 6.07) is 0.490. The first-order valence-corrected chi connectivity index (χ1v) is 7.91. The Morgan fingerprint density at radius 2 is 1.81 bits per heavy atom. The van der Waals surface area contributed by atoms with Crippen LogP contribution >= 0.6 is 0 Å². The molecule has 6 nitrogen and oxygen atoms in total. The quantitative estimate of drug-likeness (QED) is 0.818. The molecule has 3 atom stereocenters. The number of carboxylic acid groups (broad SMARTS) is 1. The van der Waals surface area contributed by atoms with Crippen LogP contribution in [0.25, 0.3) is 0 Å². The molecule has 3 unspecified atom stereocenters. The molecule has 0 aromatic carbocycles. The standard InChI is InChI=1S/C15H27N3O3/c1-11-6-4-7-12(2)18(11)16-14(21)17-9-5-8-15(3,10-17)13(19)20/h11-12H,4-10H2,1-3H3,(H,16,21)(H,19,20). The molecule has 2 N–H and O–H groups in total. The maximum absolute atomic E-state index is 12.4. The maximum atomic E-state index is 12.4. The van der Waals surface area contributed by atoms with E-state index in [2.05, 4.69) is 19.3 Å². The molecule has 2 heterocycles. The van der Waals surface area contributed by atoms with E-state index in [4.69, 9.17) is 0 Å². The smallest absolute Gasteiger partial charge is 0.331 e. The number of carbonyl (C=O) groups excluding carboxylic acids is 1. The molecule has 21 heavy (non-hydrogen) atoms. The number of urea groups is 1. The van der Waals surface area contributed by atoms with Gasteiger partial charge in [0.2, 0.25) is 0 Å². The van der Waals surface area contributed by atoms with Gasteiger partial charge in [-0.15, -0.1) is 0 Å². The van der Waals surface area contributed by atoms with Crippen LogP contribution in [0, 0.1) is 5.41 Å². The summed E-state index contributed by atoms with van der Waals surface area (Å²) in [5.41, 5.74) is 2.17. The number of hydrogen-bond acceptors (Lipinski definition) is 3. The fraction of sp³-hybridized carbons (Fsp3) is 0.867. The summed E-state index contributed by atoms with van der Waals surface area (Å²) in [7, 11) is 0. The number of amides is 2. The number of hydrazine groups is 1. The van der Waals surface area contributed by atoms with Crippen molar-refractivity contribution in [3.8, 4) is 0 Å². The van der Waals surface area contributed by atoms with E-state index in [-0.39, 0.29) is 12.6 Å². The largest absolute Gasteiger partial charge is 0.481 e. The zero-order valence-corrected chi connectivity index (χ0v) is 13.3. The van der Waals surface area contributed by atoms with Gasteiger partial charge in [-0.2, -0.15) is 0 Å². The fourth-order valence-electron chi connectivity index (χ4n) is 3.41. The van der Waals surface area contributed by atoms with Crippen LogP contribution in [0.15, 0.2) is 0 Å². The second-order valence-electron chi connectivity index (χ2n) is 6.84. The maximum Gasteiger partial charge on any atom is 0.331 e. The van der Waals surface area contributed by atoms with E-state index in [0.29, 0.717) is 25.0 Å². The lowest BCUT2D eigenvalue weighted by Crippen LogP contribution is -2.59. The van der Waals surface area contributed by atoms with Crippen LogP contribution < -0.4 is 5.43 Å². The van der Waals surface area contributed by atoms with Crippen LogP contribution in [-0.4, -0.2) is 52.2 Å². The number of carboxylic acids is 1. The molecule has 0 aromatic rings. The van der Waals surface area contributed by atoms with Crippen molar-refractivity contribution in [3.63, 3.8) is 0 Å². The third-order valence-corrected chi connectivity index (χ3v) is 4.92. The van der Waals surface area contributed by atoms with Crippen LogP contribution in [0.2, 0.25) is 0 Å². The Labute approximate surface area is 126 Å². The Morgan fingerprint density at radius 1 is 1.19 bits per heavy atom. The first kappa shape index (κ1) is 16.1. The van der Waals surface area contributed by atoms with Crippen molar-refractivity contribution in [3.05, 3.63) is 0 Å². The predicted octanol–water partition coefficient (Wildman–Crippen LogP) is 2.06. The molecule has 6 heteroatoms. The second-order valence-corrected chi connectivity index (χ2v) is 6.84. The van der Waals surface area contributed by atoms with Gasteiger partial charge in [-0.1, -0.05) is 6.42 Å². The van der Waals surface area contributed by atoms with E-state index < -0.39 is 11.4 Å². The molecule has 0 saturated carbocycles. The lowest BCUT2D eigenvalue weighted by atomic mass is 9.82. The number of nitrogens with one attached hydrogen (secondary N) is 1. The monoisotopic (exact) mass is 297 g/mol. The fourth-order valence-corrected chi connectivity index (χ4v) is 3.41. The summed E-state index contributed by atoms with van der Waals surface area (Å²) >= 11 is 0. The van der Waals surface area contributed by atoms with Crippen LogP contribution in [0.3, 0.4) is 0 Å². The highest BCUT2D eigenvalue weighted by Crippen LogP contribution is 2.30. The third kappa shape index (κ3) is 3.48. The number of nitrogens with zero attached hydrogens (tertiary/aromatic N) is 2. The molecular weight excluding hydrogens is 270 g/mol. The summed E-state index contributed by atoms with van der Waals surface area (Å²) < 4.78 is 0. The normalized spacial score (nSPS) is 34.5. The van der Waals surface area contributed by atoms with Crippen LogP contribution in [0.1, 0.15) is 52.9 Å². The average Bonchev–Trinajstić information content (AvgIpc) is 2.43. The lowest BCUT2D eigenvalue weighted by molar-refractivity contribution is -0.150. The predicted molar refractivity (Wildman–Crippen MR) is 79.7 cm³/mol. The SMILES string of the molecule is CC1CCCC(C)N1NC(=O)N1CCCC(C)(C(=O)O)C1. The van der Waals surface area contributed by atoms with Crippen molar-refractivity contribution >= 4 is 12.0 Å². The Hall–Kier alpha value is -1.30. The first-order chi connectivity index (χ1) is 9.83. The van der Waals surface area contributed by atoms with Gasteiger partial charge in [0.15, 0.2) is 0 Å². The van der Waals surface area contributed by atoms with E-state index in [0.717, 1.165) is 19.3 Å². The van der Waals surface area contributed by atoms with E-state index in [1.54, 1.807) is 11.8 Å². The molecule has 2 aliphatic heterocycles. The summed E-state index contributed by atoms with van der Waals surface area (Å²) in [6.07, 6.45) is 4.72. The van der Waals surface area contributed by atoms with Crippen LogP contribution in [0.5, 0.6) is 0 Å². The lowest BCUT2D eigenvalue weighted by Gasteiger charge is -2.42. The molecule has 0 aromatic heterocycles. The molecule has 2 amide bonds. The Kier molecular flexibility index (Phi) is 4.76. The highest BCUT2D eigenvalue weighted by atomic mass is 16.4. The van der Waals surface area contributed by atoms with Crippen molar-refractivity contribution < 1.29 is 14.7 Å². The number of aliphatic carboxylic acids is 1. The van der Waals surface area contributed by atoms with Gasteiger partial charge in [0.05, 0.1) is 5.41 Å². The number of rotatable bonds is 2. The van der Waals surface area contributed by atoms with Crippen molar-refractivity contribution in [1.29, 1.82) is 0 Å². The Bertz CT molecular complexity index is 405. The highest BCUT2D eigenvalue weighted by molar-refractivity contribution is 5.78. The van der Waals surface area contributed by atoms with Gasteiger partial charge in [0.1, 0.15) is 0 Å². The number of piperidine rings is 2. The van der Waals surface area contributed by atoms with Gasteiger partial charge in [0.25, 0.3) is 0 Å². The van der Waals surface area contributed by atoms with Crippen LogP contribution in [0.4, 0.5) is 4.79 Å².